The van der Waals surface area contributed by atoms with Gasteiger partial charge in [0, 0.05) is 44.8 Å². The Hall–Kier alpha value is -5.88. The fourth-order valence-electron chi connectivity index (χ4n) is 5.55. The summed E-state index contributed by atoms with van der Waals surface area (Å²) >= 11 is 0. The van der Waals surface area contributed by atoms with Crippen molar-refractivity contribution >= 4 is 56.3 Å². The molecule has 0 aliphatic heterocycles. The Morgan fingerprint density at radius 1 is 0.429 bits per heavy atom. The van der Waals surface area contributed by atoms with Gasteiger partial charge in [0.2, 0.25) is 0 Å². The van der Waals surface area contributed by atoms with Crippen LogP contribution in [0.2, 0.25) is 0 Å². The highest BCUT2D eigenvalue weighted by Crippen LogP contribution is 2.32. The number of hydrogen-bond donors (Lipinski definition) is 2. The van der Waals surface area contributed by atoms with Gasteiger partial charge in [-0.25, -0.2) is 0 Å². The molecule has 0 heterocycles. The van der Waals surface area contributed by atoms with Gasteiger partial charge in [-0.15, -0.1) is 0 Å². The molecule has 6 aromatic carbocycles. The lowest BCUT2D eigenvalue weighted by Gasteiger charge is -2.19. The summed E-state index contributed by atoms with van der Waals surface area (Å²) in [6, 6.07) is 35.6. The molecule has 200 valence electrons. The minimum absolute atomic E-state index is 0.218. The van der Waals surface area contributed by atoms with Gasteiger partial charge >= 0.3 is 0 Å². The van der Waals surface area contributed by atoms with Crippen molar-refractivity contribution in [1.29, 1.82) is 0 Å². The van der Waals surface area contributed by atoms with Crippen LogP contribution in [0.3, 0.4) is 0 Å². The molecule has 0 aromatic heterocycles. The lowest BCUT2D eigenvalue weighted by atomic mass is 9.83. The third-order valence-corrected chi connectivity index (χ3v) is 7.60. The van der Waals surface area contributed by atoms with Crippen LogP contribution in [0.1, 0.15) is 52.6 Å². The highest BCUT2D eigenvalue weighted by atomic mass is 16.2. The minimum atomic E-state index is -0.326. The summed E-state index contributed by atoms with van der Waals surface area (Å²) in [6.45, 7) is 0. The van der Waals surface area contributed by atoms with E-state index < -0.39 is 0 Å². The minimum Gasteiger partial charge on any atom is -0.322 e. The molecule has 1 aliphatic carbocycles. The van der Waals surface area contributed by atoms with Gasteiger partial charge in [0.05, 0.1) is 0 Å². The molecule has 0 spiro atoms. The van der Waals surface area contributed by atoms with Crippen LogP contribution in [0.5, 0.6) is 0 Å². The Bertz CT molecular complexity index is 1970. The first-order valence-corrected chi connectivity index (χ1v) is 13.4. The lowest BCUT2D eigenvalue weighted by molar-refractivity contribution is 0.0979. The number of ketones is 2. The normalized spacial score (nSPS) is 12.1. The molecule has 0 fully saturated rings. The Morgan fingerprint density at radius 3 is 1.29 bits per heavy atom. The summed E-state index contributed by atoms with van der Waals surface area (Å²) < 4.78 is 0. The van der Waals surface area contributed by atoms with Crippen molar-refractivity contribution in [3.8, 4) is 0 Å². The first-order valence-electron chi connectivity index (χ1n) is 13.4. The van der Waals surface area contributed by atoms with Crippen LogP contribution >= 0.6 is 0 Å². The van der Waals surface area contributed by atoms with Crippen LogP contribution in [0.25, 0.3) is 21.5 Å². The average molecular weight is 547 g/mol. The molecule has 0 bridgehead atoms. The van der Waals surface area contributed by atoms with E-state index in [0.29, 0.717) is 22.5 Å². The van der Waals surface area contributed by atoms with E-state index in [9.17, 15) is 19.2 Å². The molecule has 6 aromatic rings. The Labute approximate surface area is 240 Å². The van der Waals surface area contributed by atoms with Gasteiger partial charge in [-0.2, -0.15) is 0 Å². The largest absolute Gasteiger partial charge is 0.322 e. The van der Waals surface area contributed by atoms with Crippen molar-refractivity contribution in [3.63, 3.8) is 0 Å². The topological polar surface area (TPSA) is 92.3 Å². The van der Waals surface area contributed by atoms with E-state index in [1.807, 2.05) is 72.8 Å². The van der Waals surface area contributed by atoms with Gasteiger partial charge in [0.25, 0.3) is 11.8 Å². The van der Waals surface area contributed by atoms with E-state index in [0.717, 1.165) is 21.5 Å². The molecule has 7 rings (SSSR count). The van der Waals surface area contributed by atoms with Crippen molar-refractivity contribution in [2.24, 2.45) is 0 Å². The average Bonchev–Trinajstić information content (AvgIpc) is 3.03. The molecule has 2 N–H and O–H groups in total. The quantitative estimate of drug-likeness (QED) is 0.243. The number of anilines is 2. The number of rotatable bonds is 4. The first-order chi connectivity index (χ1) is 20.5. The van der Waals surface area contributed by atoms with Crippen LogP contribution < -0.4 is 10.6 Å². The van der Waals surface area contributed by atoms with Crippen molar-refractivity contribution in [2.75, 3.05) is 10.6 Å². The van der Waals surface area contributed by atoms with Crippen LogP contribution in [0.15, 0.2) is 121 Å². The maximum Gasteiger partial charge on any atom is 0.256 e. The van der Waals surface area contributed by atoms with Gasteiger partial charge in [0.1, 0.15) is 0 Å². The highest BCUT2D eigenvalue weighted by molar-refractivity contribution is 6.29. The van der Waals surface area contributed by atoms with Crippen molar-refractivity contribution < 1.29 is 19.2 Å². The van der Waals surface area contributed by atoms with Crippen molar-refractivity contribution in [3.05, 3.63) is 155 Å². The van der Waals surface area contributed by atoms with Crippen molar-refractivity contribution in [2.45, 2.75) is 0 Å². The number of benzene rings is 6. The van der Waals surface area contributed by atoms with Gasteiger partial charge in [-0.1, -0.05) is 72.8 Å². The smallest absolute Gasteiger partial charge is 0.256 e. The molecule has 6 nitrogen and oxygen atoms in total. The van der Waals surface area contributed by atoms with E-state index in [4.69, 9.17) is 0 Å². The molecular formula is C36H22N2O4. The zero-order chi connectivity index (χ0) is 28.8. The number of nitrogens with one attached hydrogen (secondary N) is 2. The van der Waals surface area contributed by atoms with E-state index in [-0.39, 0.29) is 45.6 Å². The van der Waals surface area contributed by atoms with Crippen LogP contribution in [-0.4, -0.2) is 23.4 Å². The summed E-state index contributed by atoms with van der Waals surface area (Å²) in [4.78, 5) is 53.3. The summed E-state index contributed by atoms with van der Waals surface area (Å²) in [5.74, 6) is -1.28. The SMILES string of the molecule is O=C1c2ccc(NC(=O)c3cccc4ccccc34)cc2C(=O)c2ccc(NC(=O)c3cccc4ccccc34)cc21. The molecular weight excluding hydrogens is 524 g/mol. The molecule has 0 unspecified atom stereocenters. The predicted octanol–water partition coefficient (Wildman–Crippen LogP) is 7.27. The Kier molecular flexibility index (Phi) is 5.95. The van der Waals surface area contributed by atoms with Gasteiger partial charge < -0.3 is 10.6 Å². The standard InChI is InChI=1S/C36H22N2O4/c39-33-28-18-16-24(38-36(42)30-14-6-10-22-8-2-4-12-26(22)30)20-32(28)34(40)27-17-15-23(19-31(27)33)37-35(41)29-13-5-9-21-7-1-3-11-25(21)29/h1-20H,(H,37,41)(H,38,42). The van der Waals surface area contributed by atoms with E-state index in [1.165, 1.54) is 12.1 Å². The van der Waals surface area contributed by atoms with E-state index >= 15 is 0 Å². The molecule has 0 saturated carbocycles. The molecule has 2 amide bonds. The predicted molar refractivity (Wildman–Crippen MR) is 164 cm³/mol. The molecule has 6 heteroatoms. The van der Waals surface area contributed by atoms with Crippen LogP contribution in [-0.2, 0) is 0 Å². The Morgan fingerprint density at radius 2 is 0.833 bits per heavy atom. The maximum absolute atomic E-state index is 13.5. The first kappa shape index (κ1) is 25.1. The second-order valence-electron chi connectivity index (χ2n) is 10.1. The zero-order valence-corrected chi connectivity index (χ0v) is 22.2. The van der Waals surface area contributed by atoms with Gasteiger partial charge in [-0.3, -0.25) is 19.2 Å². The lowest BCUT2D eigenvalue weighted by Crippen LogP contribution is -2.22. The summed E-state index contributed by atoms with van der Waals surface area (Å²) in [6.07, 6.45) is 0. The monoisotopic (exact) mass is 546 g/mol. The second-order valence-corrected chi connectivity index (χ2v) is 10.1. The number of hydrogen-bond acceptors (Lipinski definition) is 4. The van der Waals surface area contributed by atoms with Crippen LogP contribution in [0.4, 0.5) is 11.4 Å². The maximum atomic E-state index is 13.5. The van der Waals surface area contributed by atoms with E-state index in [2.05, 4.69) is 10.6 Å². The summed E-state index contributed by atoms with van der Waals surface area (Å²) in [7, 11) is 0. The molecule has 1 aliphatic rings. The second kappa shape index (κ2) is 9.94. The Balaban J connectivity index is 1.15. The summed E-state index contributed by atoms with van der Waals surface area (Å²) in [5.41, 5.74) is 2.77. The molecule has 0 radical (unpaired) electrons. The van der Waals surface area contributed by atoms with E-state index in [1.54, 1.807) is 36.4 Å². The highest BCUT2D eigenvalue weighted by Gasteiger charge is 2.30. The molecule has 0 saturated heterocycles. The zero-order valence-electron chi connectivity index (χ0n) is 22.2. The van der Waals surface area contributed by atoms with Gasteiger partial charge in [-0.05, 0) is 70.1 Å². The fraction of sp³-hybridized carbons (Fsp3) is 0. The molecule has 0 atom stereocenters. The van der Waals surface area contributed by atoms with Crippen LogP contribution in [0, 0.1) is 0 Å². The summed E-state index contributed by atoms with van der Waals surface area (Å²) in [5, 5.41) is 9.26. The third kappa shape index (κ3) is 4.22. The number of amides is 2. The van der Waals surface area contributed by atoms with Gasteiger partial charge in [0.15, 0.2) is 11.6 Å². The number of carbonyl (C=O) groups is 4. The third-order valence-electron chi connectivity index (χ3n) is 7.60. The number of carbonyl (C=O) groups excluding carboxylic acids is 4. The molecule has 42 heavy (non-hydrogen) atoms. The fourth-order valence-corrected chi connectivity index (χ4v) is 5.55. The number of fused-ring (bicyclic) bond motifs is 4. The van der Waals surface area contributed by atoms with Crippen molar-refractivity contribution in [1.82, 2.24) is 0 Å².